The fraction of sp³-hybridized carbons (Fsp3) is 0.455. The van der Waals surface area contributed by atoms with Crippen LogP contribution in [0.1, 0.15) is 31.2 Å². The molecule has 1 heterocycles. The molecule has 2 rings (SSSR count). The quantitative estimate of drug-likeness (QED) is 0.160. The molecule has 0 bridgehead atoms. The highest BCUT2D eigenvalue weighted by Gasteiger charge is 2.32. The lowest BCUT2D eigenvalue weighted by Gasteiger charge is -2.24. The molecule has 0 aromatic heterocycles. The molecule has 0 saturated carbocycles. The predicted octanol–water partition coefficient (Wildman–Crippen LogP) is -2.13. The molecule has 190 valence electrons. The number of nitrogens with one attached hydrogen (secondary N) is 4. The Morgan fingerprint density at radius 3 is 2.09 bits per heavy atom. The topological polar surface area (TPSA) is 217 Å². The number of carbonyl (C=O) groups excluding carboxylic acids is 4. The second-order valence-corrected chi connectivity index (χ2v) is 8.13. The minimum atomic E-state index is -1.79. The Morgan fingerprint density at radius 1 is 0.914 bits per heavy atom. The molecule has 0 aliphatic carbocycles. The molecular formula is C22H29N5O8. The van der Waals surface area contributed by atoms with Crippen LogP contribution in [-0.2, 0) is 35.2 Å². The Labute approximate surface area is 200 Å². The molecule has 35 heavy (non-hydrogen) atoms. The van der Waals surface area contributed by atoms with E-state index >= 15 is 0 Å². The van der Waals surface area contributed by atoms with Gasteiger partial charge in [-0.3, -0.25) is 24.0 Å². The summed E-state index contributed by atoms with van der Waals surface area (Å²) >= 11 is 0. The van der Waals surface area contributed by atoms with Gasteiger partial charge in [0.25, 0.3) is 0 Å². The number of aliphatic carboxylic acids is 2. The summed E-state index contributed by atoms with van der Waals surface area (Å²) in [5.41, 5.74) is 5.90. The first-order valence-electron chi connectivity index (χ1n) is 11.0. The number of carboxylic acid groups (broad SMARTS) is 2. The number of amides is 4. The molecule has 4 amide bonds. The molecule has 0 spiro atoms. The van der Waals surface area contributed by atoms with Crippen LogP contribution in [0.5, 0.6) is 0 Å². The molecule has 1 aliphatic heterocycles. The first kappa shape index (κ1) is 27.2. The van der Waals surface area contributed by atoms with E-state index < -0.39 is 72.6 Å². The number of primary amides is 1. The maximum absolute atomic E-state index is 13.1. The summed E-state index contributed by atoms with van der Waals surface area (Å²) in [6, 6.07) is 3.81. The van der Waals surface area contributed by atoms with E-state index in [0.717, 1.165) is 12.0 Å². The van der Waals surface area contributed by atoms with Crippen molar-refractivity contribution in [2.75, 3.05) is 6.54 Å². The lowest BCUT2D eigenvalue weighted by Crippen LogP contribution is -2.58. The summed E-state index contributed by atoms with van der Waals surface area (Å²) in [7, 11) is 0. The van der Waals surface area contributed by atoms with E-state index in [2.05, 4.69) is 16.0 Å². The Kier molecular flexibility index (Phi) is 10.1. The minimum Gasteiger partial charge on any atom is -0.481 e. The Hall–Kier alpha value is -4.00. The van der Waals surface area contributed by atoms with Crippen LogP contribution in [0.4, 0.5) is 0 Å². The Morgan fingerprint density at radius 2 is 1.54 bits per heavy atom. The van der Waals surface area contributed by atoms with Gasteiger partial charge in [0, 0.05) is 6.42 Å². The highest BCUT2D eigenvalue weighted by atomic mass is 16.4. The molecule has 1 saturated heterocycles. The van der Waals surface area contributed by atoms with Gasteiger partial charge in [-0.2, -0.15) is 0 Å². The lowest BCUT2D eigenvalue weighted by atomic mass is 10.0. The van der Waals surface area contributed by atoms with Gasteiger partial charge in [0.15, 0.2) is 0 Å². The van der Waals surface area contributed by atoms with Gasteiger partial charge in [-0.05, 0) is 24.9 Å². The third-order valence-corrected chi connectivity index (χ3v) is 5.32. The van der Waals surface area contributed by atoms with E-state index in [0.29, 0.717) is 13.0 Å². The monoisotopic (exact) mass is 491 g/mol. The summed E-state index contributed by atoms with van der Waals surface area (Å²) in [5, 5.41) is 28.0. The van der Waals surface area contributed by atoms with Crippen molar-refractivity contribution in [2.45, 2.75) is 56.3 Å². The number of hydrogen-bond donors (Lipinski definition) is 7. The van der Waals surface area contributed by atoms with Crippen molar-refractivity contribution in [1.29, 1.82) is 0 Å². The zero-order valence-corrected chi connectivity index (χ0v) is 18.9. The third kappa shape index (κ3) is 9.04. The number of carboxylic acids is 2. The van der Waals surface area contributed by atoms with Crippen molar-refractivity contribution in [3.63, 3.8) is 0 Å². The number of carbonyl (C=O) groups is 6. The fourth-order valence-corrected chi connectivity index (χ4v) is 3.57. The van der Waals surface area contributed by atoms with Gasteiger partial charge in [0.2, 0.25) is 23.6 Å². The van der Waals surface area contributed by atoms with Crippen molar-refractivity contribution in [3.05, 3.63) is 35.9 Å². The average molecular weight is 492 g/mol. The van der Waals surface area contributed by atoms with Crippen molar-refractivity contribution < 1.29 is 39.0 Å². The fourth-order valence-electron chi connectivity index (χ4n) is 3.57. The molecule has 1 aromatic rings. The average Bonchev–Trinajstić information content (AvgIpc) is 3.33. The number of benzene rings is 1. The predicted molar refractivity (Wildman–Crippen MR) is 121 cm³/mol. The molecule has 1 aliphatic rings. The first-order chi connectivity index (χ1) is 16.6. The summed E-state index contributed by atoms with van der Waals surface area (Å²) in [4.78, 5) is 72.1. The zero-order chi connectivity index (χ0) is 26.0. The van der Waals surface area contributed by atoms with Crippen LogP contribution < -0.4 is 27.0 Å². The van der Waals surface area contributed by atoms with Crippen molar-refractivity contribution in [2.24, 2.45) is 5.73 Å². The zero-order valence-electron chi connectivity index (χ0n) is 18.9. The standard InChI is InChI=1S/C22H29N5O8/c23-17(28)10-15(21(33)27-16(22(34)35)11-18(29)30)26-20(32)14(9-12-5-2-1-3-6-12)25-19(31)13-7-4-8-24-13/h1-3,5-6,13-16,24H,4,7-11H2,(H2,23,28)(H,25,31)(H,26,32)(H,27,33)(H,29,30)(H,34,35). The summed E-state index contributed by atoms with van der Waals surface area (Å²) in [5.74, 6) is -6.35. The van der Waals surface area contributed by atoms with Crippen LogP contribution in [-0.4, -0.2) is 76.5 Å². The van der Waals surface area contributed by atoms with Gasteiger partial charge in [-0.25, -0.2) is 4.79 Å². The van der Waals surface area contributed by atoms with E-state index in [4.69, 9.17) is 15.9 Å². The maximum Gasteiger partial charge on any atom is 0.326 e. The van der Waals surface area contributed by atoms with Gasteiger partial charge in [-0.1, -0.05) is 30.3 Å². The largest absolute Gasteiger partial charge is 0.481 e. The SMILES string of the molecule is NC(=O)CC(NC(=O)C(Cc1ccccc1)NC(=O)C1CCCN1)C(=O)NC(CC(=O)O)C(=O)O. The summed E-state index contributed by atoms with van der Waals surface area (Å²) < 4.78 is 0. The minimum absolute atomic E-state index is 0.0762. The maximum atomic E-state index is 13.1. The van der Waals surface area contributed by atoms with Crippen LogP contribution in [0.15, 0.2) is 30.3 Å². The first-order valence-corrected chi connectivity index (χ1v) is 11.0. The molecule has 0 radical (unpaired) electrons. The molecule has 1 fully saturated rings. The molecular weight excluding hydrogens is 462 g/mol. The van der Waals surface area contributed by atoms with Crippen LogP contribution in [0.25, 0.3) is 0 Å². The van der Waals surface area contributed by atoms with Crippen molar-refractivity contribution in [1.82, 2.24) is 21.3 Å². The van der Waals surface area contributed by atoms with E-state index in [1.165, 1.54) is 0 Å². The lowest BCUT2D eigenvalue weighted by molar-refractivity contribution is -0.147. The smallest absolute Gasteiger partial charge is 0.326 e. The van der Waals surface area contributed by atoms with Crippen LogP contribution in [0.2, 0.25) is 0 Å². The van der Waals surface area contributed by atoms with Crippen LogP contribution in [0, 0.1) is 0 Å². The molecule has 4 unspecified atom stereocenters. The Bertz CT molecular complexity index is 948. The third-order valence-electron chi connectivity index (χ3n) is 5.32. The van der Waals surface area contributed by atoms with Gasteiger partial charge in [0.05, 0.1) is 18.9 Å². The van der Waals surface area contributed by atoms with E-state index in [-0.39, 0.29) is 6.42 Å². The second-order valence-electron chi connectivity index (χ2n) is 8.13. The van der Waals surface area contributed by atoms with E-state index in [9.17, 15) is 28.8 Å². The summed E-state index contributed by atoms with van der Waals surface area (Å²) in [6.45, 7) is 0.662. The normalized spacial score (nSPS) is 17.4. The molecule has 13 nitrogen and oxygen atoms in total. The van der Waals surface area contributed by atoms with Crippen LogP contribution in [0.3, 0.4) is 0 Å². The Balaban J connectivity index is 2.19. The number of nitrogens with two attached hydrogens (primary N) is 1. The van der Waals surface area contributed by atoms with Gasteiger partial charge in [0.1, 0.15) is 18.1 Å². The second kappa shape index (κ2) is 13.0. The van der Waals surface area contributed by atoms with Crippen LogP contribution >= 0.6 is 0 Å². The highest BCUT2D eigenvalue weighted by Crippen LogP contribution is 2.09. The summed E-state index contributed by atoms with van der Waals surface area (Å²) in [6.07, 6.45) is -0.118. The van der Waals surface area contributed by atoms with Crippen molar-refractivity contribution in [3.8, 4) is 0 Å². The van der Waals surface area contributed by atoms with E-state index in [1.54, 1.807) is 30.3 Å². The van der Waals surface area contributed by atoms with Gasteiger partial charge in [-0.15, -0.1) is 0 Å². The van der Waals surface area contributed by atoms with Crippen molar-refractivity contribution >= 4 is 35.6 Å². The van der Waals surface area contributed by atoms with Gasteiger partial charge < -0.3 is 37.2 Å². The number of hydrogen-bond acceptors (Lipinski definition) is 7. The van der Waals surface area contributed by atoms with Gasteiger partial charge >= 0.3 is 11.9 Å². The molecule has 4 atom stereocenters. The molecule has 13 heteroatoms. The molecule has 1 aromatic carbocycles. The highest BCUT2D eigenvalue weighted by molar-refractivity contribution is 5.96. The molecule has 8 N–H and O–H groups in total. The van der Waals surface area contributed by atoms with E-state index in [1.807, 2.05) is 5.32 Å². The number of rotatable bonds is 13.